The molecule has 19 heavy (non-hydrogen) atoms. The van der Waals surface area contributed by atoms with Gasteiger partial charge in [-0.3, -0.25) is 0 Å². The van der Waals surface area contributed by atoms with Crippen molar-refractivity contribution in [1.29, 1.82) is 0 Å². The second kappa shape index (κ2) is 6.92. The van der Waals surface area contributed by atoms with Crippen molar-refractivity contribution in [3.05, 3.63) is 29.8 Å². The van der Waals surface area contributed by atoms with Crippen molar-refractivity contribution in [2.45, 2.75) is 44.7 Å². The molecule has 106 valence electrons. The fraction of sp³-hybridized carbons (Fsp3) is 0.625. The second-order valence-corrected chi connectivity index (χ2v) is 5.71. The van der Waals surface area contributed by atoms with Crippen LogP contribution in [0.25, 0.3) is 0 Å². The van der Waals surface area contributed by atoms with Crippen LogP contribution in [0, 0.1) is 6.92 Å². The van der Waals surface area contributed by atoms with Crippen molar-refractivity contribution in [2.24, 2.45) is 5.73 Å². The van der Waals surface area contributed by atoms with Gasteiger partial charge in [0, 0.05) is 18.6 Å². The molecule has 0 saturated heterocycles. The highest BCUT2D eigenvalue weighted by Gasteiger charge is 2.21. The van der Waals surface area contributed by atoms with E-state index in [0.717, 1.165) is 31.7 Å². The smallest absolute Gasteiger partial charge is 0.119 e. The summed E-state index contributed by atoms with van der Waals surface area (Å²) in [6, 6.07) is 9.34. The summed E-state index contributed by atoms with van der Waals surface area (Å²) in [5, 5.41) is 0. The standard InChI is InChI=1S/C16H26N2O/c1-13-4-3-5-16(12-13)19-11-10-18(2)15-8-6-14(17)7-9-15/h3-5,12,14-15H,6-11,17H2,1-2H3. The molecule has 0 aromatic heterocycles. The van der Waals surface area contributed by atoms with Gasteiger partial charge in [-0.2, -0.15) is 0 Å². The fourth-order valence-corrected chi connectivity index (χ4v) is 2.74. The van der Waals surface area contributed by atoms with Crippen LogP contribution in [0.1, 0.15) is 31.2 Å². The minimum absolute atomic E-state index is 0.424. The molecule has 1 aromatic rings. The highest BCUT2D eigenvalue weighted by molar-refractivity contribution is 5.27. The summed E-state index contributed by atoms with van der Waals surface area (Å²) in [4.78, 5) is 2.42. The van der Waals surface area contributed by atoms with E-state index in [4.69, 9.17) is 10.5 Å². The predicted octanol–water partition coefficient (Wildman–Crippen LogP) is 2.58. The summed E-state index contributed by atoms with van der Waals surface area (Å²) in [7, 11) is 2.20. The van der Waals surface area contributed by atoms with E-state index in [2.05, 4.69) is 31.0 Å². The van der Waals surface area contributed by atoms with Crippen LogP contribution in [0.3, 0.4) is 0 Å². The van der Waals surface area contributed by atoms with Gasteiger partial charge >= 0.3 is 0 Å². The molecule has 0 unspecified atom stereocenters. The molecule has 1 fully saturated rings. The average Bonchev–Trinajstić information content (AvgIpc) is 2.39. The van der Waals surface area contributed by atoms with Crippen molar-refractivity contribution in [3.63, 3.8) is 0 Å². The van der Waals surface area contributed by atoms with E-state index in [-0.39, 0.29) is 0 Å². The Kier molecular flexibility index (Phi) is 5.23. The lowest BCUT2D eigenvalue weighted by molar-refractivity contribution is 0.154. The Labute approximate surface area is 116 Å². The molecule has 0 atom stereocenters. The van der Waals surface area contributed by atoms with Crippen LogP contribution >= 0.6 is 0 Å². The first-order valence-corrected chi connectivity index (χ1v) is 7.30. The number of hydrogen-bond donors (Lipinski definition) is 1. The Morgan fingerprint density at radius 2 is 2.00 bits per heavy atom. The van der Waals surface area contributed by atoms with E-state index < -0.39 is 0 Å². The van der Waals surface area contributed by atoms with Gasteiger partial charge in [0.15, 0.2) is 0 Å². The number of nitrogens with two attached hydrogens (primary N) is 1. The van der Waals surface area contributed by atoms with Crippen LogP contribution in [-0.2, 0) is 0 Å². The van der Waals surface area contributed by atoms with Crippen LogP contribution in [0.5, 0.6) is 5.75 Å². The first-order valence-electron chi connectivity index (χ1n) is 7.30. The first-order chi connectivity index (χ1) is 9.15. The lowest BCUT2D eigenvalue weighted by Crippen LogP contribution is -2.40. The molecule has 0 bridgehead atoms. The minimum Gasteiger partial charge on any atom is -0.492 e. The van der Waals surface area contributed by atoms with E-state index in [9.17, 15) is 0 Å². The molecule has 0 spiro atoms. The van der Waals surface area contributed by atoms with Gasteiger partial charge in [0.1, 0.15) is 12.4 Å². The van der Waals surface area contributed by atoms with Gasteiger partial charge in [0.25, 0.3) is 0 Å². The maximum atomic E-state index is 5.94. The van der Waals surface area contributed by atoms with Crippen LogP contribution in [0.4, 0.5) is 0 Å². The topological polar surface area (TPSA) is 38.5 Å². The molecule has 2 N–H and O–H groups in total. The van der Waals surface area contributed by atoms with Gasteiger partial charge in [0.05, 0.1) is 0 Å². The zero-order chi connectivity index (χ0) is 13.7. The SMILES string of the molecule is Cc1cccc(OCCN(C)C2CCC(N)CC2)c1. The van der Waals surface area contributed by atoms with E-state index in [1.165, 1.54) is 18.4 Å². The molecule has 0 amide bonds. The average molecular weight is 262 g/mol. The fourth-order valence-electron chi connectivity index (χ4n) is 2.74. The number of aryl methyl sites for hydroxylation is 1. The summed E-state index contributed by atoms with van der Waals surface area (Å²) in [6.07, 6.45) is 4.77. The maximum absolute atomic E-state index is 5.94. The van der Waals surface area contributed by atoms with E-state index in [0.29, 0.717) is 12.1 Å². The summed E-state index contributed by atoms with van der Waals surface area (Å²) in [6.45, 7) is 3.82. The number of hydrogen-bond acceptors (Lipinski definition) is 3. The number of rotatable bonds is 5. The van der Waals surface area contributed by atoms with E-state index in [1.54, 1.807) is 0 Å². The number of nitrogens with zero attached hydrogens (tertiary/aromatic N) is 1. The Balaban J connectivity index is 1.70. The Bertz CT molecular complexity index is 386. The molecule has 1 aliphatic carbocycles. The summed E-state index contributed by atoms with van der Waals surface area (Å²) in [5.41, 5.74) is 7.19. The zero-order valence-corrected chi connectivity index (χ0v) is 12.1. The number of benzene rings is 1. The van der Waals surface area contributed by atoms with Crippen LogP contribution < -0.4 is 10.5 Å². The molecule has 0 aliphatic heterocycles. The van der Waals surface area contributed by atoms with Crippen molar-refractivity contribution < 1.29 is 4.74 Å². The van der Waals surface area contributed by atoms with Crippen molar-refractivity contribution >= 4 is 0 Å². The molecular formula is C16H26N2O. The van der Waals surface area contributed by atoms with Gasteiger partial charge in [-0.15, -0.1) is 0 Å². The third-order valence-electron chi connectivity index (χ3n) is 4.07. The molecule has 0 heterocycles. The van der Waals surface area contributed by atoms with Gasteiger partial charge < -0.3 is 15.4 Å². The highest BCUT2D eigenvalue weighted by Crippen LogP contribution is 2.21. The van der Waals surface area contributed by atoms with Gasteiger partial charge in [-0.25, -0.2) is 0 Å². The Hall–Kier alpha value is -1.06. The van der Waals surface area contributed by atoms with Gasteiger partial charge in [-0.05, 0) is 57.4 Å². The van der Waals surface area contributed by atoms with Gasteiger partial charge in [0.2, 0.25) is 0 Å². The molecule has 0 radical (unpaired) electrons. The molecule has 2 rings (SSSR count). The third kappa shape index (κ3) is 4.51. The maximum Gasteiger partial charge on any atom is 0.119 e. The molecular weight excluding hydrogens is 236 g/mol. The summed E-state index contributed by atoms with van der Waals surface area (Å²) >= 11 is 0. The van der Waals surface area contributed by atoms with Crippen molar-refractivity contribution in [2.75, 3.05) is 20.2 Å². The quantitative estimate of drug-likeness (QED) is 0.886. The van der Waals surface area contributed by atoms with Crippen molar-refractivity contribution in [3.8, 4) is 5.75 Å². The predicted molar refractivity (Wildman–Crippen MR) is 79.5 cm³/mol. The highest BCUT2D eigenvalue weighted by atomic mass is 16.5. The number of ether oxygens (including phenoxy) is 1. The number of likely N-dealkylation sites (N-methyl/N-ethyl adjacent to an activating group) is 1. The summed E-state index contributed by atoms with van der Waals surface area (Å²) < 4.78 is 5.80. The van der Waals surface area contributed by atoms with Crippen LogP contribution in [-0.4, -0.2) is 37.2 Å². The van der Waals surface area contributed by atoms with E-state index >= 15 is 0 Å². The summed E-state index contributed by atoms with van der Waals surface area (Å²) in [5.74, 6) is 0.971. The monoisotopic (exact) mass is 262 g/mol. The second-order valence-electron chi connectivity index (χ2n) is 5.71. The van der Waals surface area contributed by atoms with Crippen LogP contribution in [0.15, 0.2) is 24.3 Å². The first kappa shape index (κ1) is 14.4. The molecule has 3 heteroatoms. The lowest BCUT2D eigenvalue weighted by atomic mass is 9.91. The molecule has 3 nitrogen and oxygen atoms in total. The zero-order valence-electron chi connectivity index (χ0n) is 12.1. The molecule has 1 aromatic carbocycles. The third-order valence-corrected chi connectivity index (χ3v) is 4.07. The van der Waals surface area contributed by atoms with Gasteiger partial charge in [-0.1, -0.05) is 12.1 Å². The Morgan fingerprint density at radius 1 is 1.26 bits per heavy atom. The van der Waals surface area contributed by atoms with Crippen LogP contribution in [0.2, 0.25) is 0 Å². The lowest BCUT2D eigenvalue weighted by Gasteiger charge is -2.33. The Morgan fingerprint density at radius 3 is 2.68 bits per heavy atom. The minimum atomic E-state index is 0.424. The van der Waals surface area contributed by atoms with Crippen molar-refractivity contribution in [1.82, 2.24) is 4.90 Å². The normalized spacial score (nSPS) is 23.6. The van der Waals surface area contributed by atoms with E-state index in [1.807, 2.05) is 12.1 Å². The molecule has 1 saturated carbocycles. The largest absolute Gasteiger partial charge is 0.492 e. The molecule has 1 aliphatic rings.